The van der Waals surface area contributed by atoms with Crippen molar-refractivity contribution in [2.24, 2.45) is 0 Å². The Morgan fingerprint density at radius 2 is 1.79 bits per heavy atom. The van der Waals surface area contributed by atoms with Gasteiger partial charge in [0.05, 0.1) is 12.2 Å². The van der Waals surface area contributed by atoms with Crippen LogP contribution < -0.4 is 5.32 Å². The highest BCUT2D eigenvalue weighted by Gasteiger charge is 2.30. The molecule has 1 amide bonds. The van der Waals surface area contributed by atoms with Crippen molar-refractivity contribution >= 4 is 29.3 Å². The molecule has 1 N–H and O–H groups in total. The molecule has 0 fully saturated rings. The van der Waals surface area contributed by atoms with Crippen LogP contribution in [0.1, 0.15) is 44.6 Å². The average Bonchev–Trinajstić information content (AvgIpc) is 3.35. The summed E-state index contributed by atoms with van der Waals surface area (Å²) in [5, 5.41) is 10.9. The summed E-state index contributed by atoms with van der Waals surface area (Å²) in [4.78, 5) is 26.2. The van der Waals surface area contributed by atoms with Crippen molar-refractivity contribution in [2.45, 2.75) is 33.4 Å². The fourth-order valence-corrected chi connectivity index (χ4v) is 3.75. The maximum Gasteiger partial charge on any atom is 0.344 e. The molecular weight excluding hydrogens is 456 g/mol. The number of anilines is 1. The first-order chi connectivity index (χ1) is 16.3. The molecule has 9 heteroatoms. The number of aromatic nitrogens is 3. The van der Waals surface area contributed by atoms with Gasteiger partial charge in [-0.15, -0.1) is 0 Å². The van der Waals surface area contributed by atoms with Gasteiger partial charge in [-0.1, -0.05) is 76.9 Å². The van der Waals surface area contributed by atoms with Crippen LogP contribution in [-0.4, -0.2) is 26.8 Å². The SMILES string of the molecule is Cc1ccc(Cn2nc(C)c(C(=O)O[C@@H](C(=O)Nc3cc(C)on3)c3ccccc3)c2Cl)cc1. The summed E-state index contributed by atoms with van der Waals surface area (Å²) in [7, 11) is 0. The summed E-state index contributed by atoms with van der Waals surface area (Å²) in [5.74, 6) is -0.571. The minimum Gasteiger partial charge on any atom is -0.444 e. The van der Waals surface area contributed by atoms with E-state index in [1.807, 2.05) is 31.2 Å². The monoisotopic (exact) mass is 478 g/mol. The van der Waals surface area contributed by atoms with E-state index in [1.54, 1.807) is 50.2 Å². The predicted octanol–water partition coefficient (Wildman–Crippen LogP) is 5.03. The third kappa shape index (κ3) is 5.18. The predicted molar refractivity (Wildman–Crippen MR) is 127 cm³/mol. The lowest BCUT2D eigenvalue weighted by Crippen LogP contribution is -2.26. The molecule has 4 rings (SSSR count). The van der Waals surface area contributed by atoms with Crippen LogP contribution in [0.3, 0.4) is 0 Å². The normalized spacial score (nSPS) is 11.8. The molecule has 2 heterocycles. The standard InChI is InChI=1S/C25H23ClN4O4/c1-15-9-11-18(12-10-15)14-30-23(26)21(17(3)28-30)25(32)33-22(19-7-5-4-6-8-19)24(31)27-20-13-16(2)34-29-20/h4-13,22H,14H2,1-3H3,(H,27,29,31)/t22-/m1/s1. The molecule has 0 aliphatic heterocycles. The molecule has 0 aliphatic carbocycles. The number of nitrogens with zero attached hydrogens (tertiary/aromatic N) is 3. The fourth-order valence-electron chi connectivity index (χ4n) is 3.44. The van der Waals surface area contributed by atoms with Crippen molar-refractivity contribution in [2.75, 3.05) is 5.32 Å². The minimum atomic E-state index is -1.23. The molecule has 8 nitrogen and oxygen atoms in total. The van der Waals surface area contributed by atoms with E-state index in [0.29, 0.717) is 23.6 Å². The first-order valence-electron chi connectivity index (χ1n) is 10.6. The first-order valence-corrected chi connectivity index (χ1v) is 11.0. The Kier molecular flexibility index (Phi) is 6.79. The number of hydrogen-bond donors (Lipinski definition) is 1. The van der Waals surface area contributed by atoms with Gasteiger partial charge in [-0.2, -0.15) is 5.10 Å². The molecule has 0 aliphatic rings. The Balaban J connectivity index is 1.58. The average molecular weight is 479 g/mol. The first kappa shape index (κ1) is 23.3. The zero-order chi connectivity index (χ0) is 24.2. The van der Waals surface area contributed by atoms with Gasteiger partial charge >= 0.3 is 5.97 Å². The Bertz CT molecular complexity index is 1310. The highest BCUT2D eigenvalue weighted by molar-refractivity contribution is 6.32. The smallest absolute Gasteiger partial charge is 0.344 e. The Morgan fingerprint density at radius 1 is 1.09 bits per heavy atom. The van der Waals surface area contributed by atoms with Crippen LogP contribution in [-0.2, 0) is 16.1 Å². The van der Waals surface area contributed by atoms with Crippen LogP contribution >= 0.6 is 11.6 Å². The van der Waals surface area contributed by atoms with E-state index in [4.69, 9.17) is 20.9 Å². The number of halogens is 1. The largest absolute Gasteiger partial charge is 0.444 e. The summed E-state index contributed by atoms with van der Waals surface area (Å²) >= 11 is 6.52. The number of benzene rings is 2. The van der Waals surface area contributed by atoms with Gasteiger partial charge in [-0.3, -0.25) is 4.79 Å². The molecule has 0 unspecified atom stereocenters. The number of esters is 1. The van der Waals surface area contributed by atoms with Gasteiger partial charge < -0.3 is 14.6 Å². The third-order valence-corrected chi connectivity index (χ3v) is 5.55. The molecular formula is C25H23ClN4O4. The highest BCUT2D eigenvalue weighted by Crippen LogP contribution is 2.26. The Hall–Kier alpha value is -3.91. The number of amides is 1. The summed E-state index contributed by atoms with van der Waals surface area (Å²) in [6.07, 6.45) is -1.23. The lowest BCUT2D eigenvalue weighted by molar-refractivity contribution is -0.125. The van der Waals surface area contributed by atoms with Gasteiger partial charge in [0.25, 0.3) is 5.91 Å². The van der Waals surface area contributed by atoms with E-state index < -0.39 is 18.0 Å². The lowest BCUT2D eigenvalue weighted by atomic mass is 10.1. The molecule has 4 aromatic rings. The van der Waals surface area contributed by atoms with Crippen molar-refractivity contribution in [3.8, 4) is 0 Å². The van der Waals surface area contributed by atoms with Crippen LogP contribution in [0.5, 0.6) is 0 Å². The number of hydrogen-bond acceptors (Lipinski definition) is 6. The molecule has 1 atom stereocenters. The maximum atomic E-state index is 13.2. The van der Waals surface area contributed by atoms with E-state index in [1.165, 1.54) is 4.68 Å². The van der Waals surface area contributed by atoms with E-state index in [-0.39, 0.29) is 16.5 Å². The zero-order valence-electron chi connectivity index (χ0n) is 18.9. The molecule has 0 saturated carbocycles. The quantitative estimate of drug-likeness (QED) is 0.374. The second-order valence-electron chi connectivity index (χ2n) is 7.90. The van der Waals surface area contributed by atoms with Crippen molar-refractivity contribution in [1.82, 2.24) is 14.9 Å². The van der Waals surface area contributed by atoms with Gasteiger partial charge in [0.1, 0.15) is 16.5 Å². The summed E-state index contributed by atoms with van der Waals surface area (Å²) in [5.41, 5.74) is 3.14. The lowest BCUT2D eigenvalue weighted by Gasteiger charge is -2.17. The van der Waals surface area contributed by atoms with E-state index >= 15 is 0 Å². The van der Waals surface area contributed by atoms with Crippen LogP contribution in [0, 0.1) is 20.8 Å². The zero-order valence-corrected chi connectivity index (χ0v) is 19.7. The summed E-state index contributed by atoms with van der Waals surface area (Å²) in [6.45, 7) is 5.77. The van der Waals surface area contributed by atoms with Crippen molar-refractivity contribution in [3.05, 3.63) is 99.5 Å². The van der Waals surface area contributed by atoms with Crippen molar-refractivity contribution in [3.63, 3.8) is 0 Å². The Morgan fingerprint density at radius 3 is 2.44 bits per heavy atom. The second kappa shape index (κ2) is 9.93. The molecule has 0 bridgehead atoms. The van der Waals surface area contributed by atoms with Crippen LogP contribution in [0.25, 0.3) is 0 Å². The summed E-state index contributed by atoms with van der Waals surface area (Å²) in [6, 6.07) is 18.2. The van der Waals surface area contributed by atoms with Gasteiger partial charge in [0.2, 0.25) is 6.10 Å². The number of ether oxygens (including phenoxy) is 1. The van der Waals surface area contributed by atoms with Crippen LogP contribution in [0.2, 0.25) is 5.15 Å². The molecule has 34 heavy (non-hydrogen) atoms. The van der Waals surface area contributed by atoms with Gasteiger partial charge in [0, 0.05) is 11.6 Å². The topological polar surface area (TPSA) is 99.2 Å². The van der Waals surface area contributed by atoms with Crippen LogP contribution in [0.15, 0.2) is 65.2 Å². The molecule has 2 aromatic carbocycles. The highest BCUT2D eigenvalue weighted by atomic mass is 35.5. The molecule has 0 spiro atoms. The minimum absolute atomic E-state index is 0.111. The van der Waals surface area contributed by atoms with E-state index in [2.05, 4.69) is 15.6 Å². The number of aryl methyl sites for hydroxylation is 3. The summed E-state index contributed by atoms with van der Waals surface area (Å²) < 4.78 is 12.2. The number of nitrogens with one attached hydrogen (secondary N) is 1. The molecule has 2 aromatic heterocycles. The number of carbonyl (C=O) groups is 2. The molecule has 0 radical (unpaired) electrons. The molecule has 0 saturated heterocycles. The third-order valence-electron chi connectivity index (χ3n) is 5.17. The van der Waals surface area contributed by atoms with E-state index in [0.717, 1.165) is 11.1 Å². The van der Waals surface area contributed by atoms with Crippen LogP contribution in [0.4, 0.5) is 5.82 Å². The van der Waals surface area contributed by atoms with Gasteiger partial charge in [-0.25, -0.2) is 9.48 Å². The Labute approximate surface area is 201 Å². The van der Waals surface area contributed by atoms with Gasteiger partial charge in [0.15, 0.2) is 5.82 Å². The van der Waals surface area contributed by atoms with Gasteiger partial charge in [-0.05, 0) is 26.3 Å². The second-order valence-corrected chi connectivity index (χ2v) is 8.26. The number of carbonyl (C=O) groups excluding carboxylic acids is 2. The fraction of sp³-hybridized carbons (Fsp3) is 0.200. The van der Waals surface area contributed by atoms with Crippen molar-refractivity contribution in [1.29, 1.82) is 0 Å². The van der Waals surface area contributed by atoms with E-state index in [9.17, 15) is 9.59 Å². The molecule has 174 valence electrons. The maximum absolute atomic E-state index is 13.2. The van der Waals surface area contributed by atoms with Crippen molar-refractivity contribution < 1.29 is 18.8 Å². The number of rotatable bonds is 7.